The maximum Gasteiger partial charge on any atom is 1.00 e. The third-order valence-electron chi connectivity index (χ3n) is 19.7. The number of nitrogens with two attached hydrogens (primary N) is 1. The number of alkyl halides is 1. The molecule has 15 rings (SSSR count). The second-order valence-corrected chi connectivity index (χ2v) is 29.1. The zero-order valence-electron chi connectivity index (χ0n) is 69.4. The summed E-state index contributed by atoms with van der Waals surface area (Å²) in [4.78, 5) is 145. The van der Waals surface area contributed by atoms with Gasteiger partial charge in [-0.3, -0.25) is 91.5 Å². The fourth-order valence-electron chi connectivity index (χ4n) is 12.8. The number of nitrogens with one attached hydrogen (secondary N) is 2. The summed E-state index contributed by atoms with van der Waals surface area (Å²) in [7, 11) is -1.00. The summed E-state index contributed by atoms with van der Waals surface area (Å²) in [6.45, 7) is 11.0. The predicted molar refractivity (Wildman–Crippen MR) is 440 cm³/mol. The van der Waals surface area contributed by atoms with Crippen LogP contribution in [0.3, 0.4) is 0 Å². The second-order valence-electron chi connectivity index (χ2n) is 27.6. The number of carboxylic acids is 1. The second kappa shape index (κ2) is 43.2. The number of aldehydes is 1. The number of rotatable bonds is 15. The SMILES string of the molecule is C[C@@H]1C=C[C@H](C)N2CN1n1cc(C(=O)NCc3ncc(F)c(Cl)c3F)c(=O)c(O)c1C2=O.C[C@@H]1C=C[C@H](C)N2CN1n1cc(C(=O)NCc3ncc(F)c(Cl)c3F)c(=O)c(OCc3ccccc3)c1C2=O.C[C@@H]1C=C[C@H](C)N2CN1n1cc(C(=O)O)c(=O)c(OCc3ccccc3)c1C2=O.NCc1ncc(F)c(Cl)c1F.O=Cc1ncc(F)c(Cl)c1F.[2H]CF.[B].[H-].[Na+]. The monoisotopic (exact) mass is 1840 g/mol. The Labute approximate surface area is 757 Å². The summed E-state index contributed by atoms with van der Waals surface area (Å²) >= 11 is 21.4. The van der Waals surface area contributed by atoms with E-state index in [0.717, 1.165) is 29.7 Å². The molecule has 13 heterocycles. The van der Waals surface area contributed by atoms with Crippen LogP contribution in [-0.2, 0) is 32.8 Å². The minimum Gasteiger partial charge on any atom is -1.00 e. The number of hydrogen-bond acceptors (Lipinski definition) is 21. The number of benzene rings is 2. The van der Waals surface area contributed by atoms with Gasteiger partial charge in [-0.15, -0.1) is 0 Å². The number of carbonyl (C=O) groups excluding carboxylic acids is 6. The average Bonchev–Trinajstić information content (AvgIpc) is 1.27. The van der Waals surface area contributed by atoms with Gasteiger partial charge in [-0.1, -0.05) is 144 Å². The zero-order valence-corrected chi connectivity index (χ0v) is 72.4. The summed E-state index contributed by atoms with van der Waals surface area (Å²) < 4.78 is 137. The largest absolute Gasteiger partial charge is 1.00 e. The number of fused-ring (bicyclic) bond motifs is 12. The van der Waals surface area contributed by atoms with Crippen LogP contribution in [0.2, 0.25) is 20.1 Å². The van der Waals surface area contributed by atoms with Gasteiger partial charge in [0.1, 0.15) is 75.7 Å². The Kier molecular flexibility index (Phi) is 33.5. The van der Waals surface area contributed by atoms with E-state index in [0.29, 0.717) is 12.4 Å². The van der Waals surface area contributed by atoms with Gasteiger partial charge in [0.05, 0.1) is 81.6 Å². The molecule has 0 saturated heterocycles. The number of amides is 5. The van der Waals surface area contributed by atoms with Gasteiger partial charge in [-0.25, -0.2) is 44.9 Å². The molecular weight excluding hydrogens is 1770 g/mol. The number of aromatic carboxylic acids is 1. The van der Waals surface area contributed by atoms with Gasteiger partial charge in [-0.05, 0) is 52.7 Å². The maximum absolute atomic E-state index is 14.3. The number of ether oxygens (including phenoxy) is 2. The first-order valence-electron chi connectivity index (χ1n) is 37.6. The molecule has 6 aliphatic rings. The Hall–Kier alpha value is -12.0. The van der Waals surface area contributed by atoms with Gasteiger partial charge < -0.3 is 52.2 Å². The van der Waals surface area contributed by atoms with E-state index in [1.807, 2.05) is 137 Å². The van der Waals surface area contributed by atoms with E-state index in [9.17, 15) is 97.7 Å². The average molecular weight is 1840 g/mol. The summed E-state index contributed by atoms with van der Waals surface area (Å²) in [6.07, 6.45) is 18.2. The van der Waals surface area contributed by atoms with E-state index in [-0.39, 0.29) is 179 Å². The standard InChI is InChI=1S/C27H24ClF2N5O4.C21H21N3O5.C20H18ClF2N5O4.C6H5ClF2N2.C6H2ClF2NO.CH3F.B.Na.H/c1-15-8-9-16(2)35-14-33(15)27(38)23-25(39-13-17-6-4-3-5-7-17)24(36)18(12-34(23)35)26(37)32-11-20-22(30)21(28)19(29)10-31-20;1-13-8-9-14(2)24-12-22(13)20(26)17-19(29-11-15-6-4-3-5-7-15)18(25)16(21(27)28)10-23(17)24;1-9-3-4-10(2)28-8-26(9)20(32)16-18(30)17(29)11(7-27(16)28)19(31)25-6-13-15(23)14(21)12(22)5-24-13;7-5-3(8)2-11-4(1-10)6(5)9;7-5-3(8)1-10-4(2-11)6(5)9;1-2;;;/h3-10,12,15-16H,11,13-14H2,1-2H3,(H,32,37);3-10,13-14H,11-12H2,1-2H3,(H,27,28);3-5,7,9-10,30H,6,8H2,1-2H3,(H,25,31);2H,1,10H2;1-2H;1H3;;;/q;;;;;;;+1;-1/t15-,16+;13-,14+;9-,10+;;;;;;/m000....../s1/i;;;;;1D;;;. The molecular formula is C81H74BCl4F9N16NaO14. The van der Waals surface area contributed by atoms with Crippen molar-refractivity contribution in [1.29, 1.82) is 0 Å². The number of nitrogens with zero attached hydrogens (tertiary/aromatic N) is 13. The van der Waals surface area contributed by atoms with Crippen molar-refractivity contribution in [2.45, 2.75) is 111 Å². The molecule has 0 fully saturated rings. The van der Waals surface area contributed by atoms with E-state index in [1.165, 1.54) is 31.3 Å². The summed E-state index contributed by atoms with van der Waals surface area (Å²) in [5, 5.41) is 27.4. The molecule has 45 heteroatoms. The molecule has 0 saturated carbocycles. The minimum atomic E-state index is -1.36. The Morgan fingerprint density at radius 2 is 0.817 bits per heavy atom. The molecule has 126 heavy (non-hydrogen) atoms. The summed E-state index contributed by atoms with van der Waals surface area (Å²) in [5.41, 5.74) is 1.38. The van der Waals surface area contributed by atoms with Crippen molar-refractivity contribution < 1.29 is 125 Å². The van der Waals surface area contributed by atoms with Crippen LogP contribution in [0.15, 0.2) is 155 Å². The Bertz CT molecular complexity index is 6000. The van der Waals surface area contributed by atoms with Crippen LogP contribution >= 0.6 is 46.4 Å². The number of halogens is 13. The van der Waals surface area contributed by atoms with Crippen LogP contribution in [0, 0.1) is 46.5 Å². The molecule has 6 aliphatic heterocycles. The van der Waals surface area contributed by atoms with Gasteiger partial charge in [-0.2, -0.15) is 0 Å². The van der Waals surface area contributed by atoms with Gasteiger partial charge in [0.15, 0.2) is 87.2 Å². The van der Waals surface area contributed by atoms with Crippen molar-refractivity contribution in [2.24, 2.45) is 5.73 Å². The summed E-state index contributed by atoms with van der Waals surface area (Å²) in [6, 6.07) is 17.1. The number of hydrogen-bond donors (Lipinski definition) is 5. The molecule has 657 valence electrons. The predicted octanol–water partition coefficient (Wildman–Crippen LogP) is 7.33. The van der Waals surface area contributed by atoms with Crippen LogP contribution in [0.25, 0.3) is 0 Å². The van der Waals surface area contributed by atoms with Crippen LogP contribution in [-0.4, -0.2) is 172 Å². The molecule has 6 bridgehead atoms. The Balaban J connectivity index is 0.000000230. The van der Waals surface area contributed by atoms with Crippen LogP contribution < -0.4 is 86.7 Å². The first kappa shape index (κ1) is 97.8. The van der Waals surface area contributed by atoms with Crippen molar-refractivity contribution in [3.8, 4) is 17.2 Å². The van der Waals surface area contributed by atoms with Gasteiger partial charge in [0, 0.05) is 51.7 Å². The van der Waals surface area contributed by atoms with Crippen molar-refractivity contribution in [2.75, 3.05) is 42.2 Å². The molecule has 0 unspecified atom stereocenters. The first-order chi connectivity index (χ1) is 59.4. The zero-order chi connectivity index (χ0) is 91.4. The fourth-order valence-corrected chi connectivity index (χ4v) is 13.4. The van der Waals surface area contributed by atoms with Gasteiger partial charge >= 0.3 is 35.5 Å². The van der Waals surface area contributed by atoms with Crippen molar-refractivity contribution >= 4 is 96.6 Å². The number of aromatic hydroxyl groups is 1. The Morgan fingerprint density at radius 1 is 0.508 bits per heavy atom. The Morgan fingerprint density at radius 3 is 1.18 bits per heavy atom. The molecule has 0 spiro atoms. The number of aromatic nitrogens is 7. The summed E-state index contributed by atoms with van der Waals surface area (Å²) in [5.74, 6) is -14.1. The van der Waals surface area contributed by atoms with Gasteiger partial charge in [0.2, 0.25) is 16.3 Å². The smallest absolute Gasteiger partial charge is 1.00 e. The topological polar surface area (TPSA) is 365 Å². The van der Waals surface area contributed by atoms with Crippen molar-refractivity contribution in [3.63, 3.8) is 0 Å². The molecule has 9 aromatic rings. The molecule has 3 radical (unpaired) electrons. The van der Waals surface area contributed by atoms with Crippen molar-refractivity contribution in [3.05, 3.63) is 305 Å². The number of pyridine rings is 7. The van der Waals surface area contributed by atoms with E-state index in [2.05, 4.69) is 30.6 Å². The molecule has 6 N–H and O–H groups in total. The normalized spacial score (nSPS) is 17.1. The van der Waals surface area contributed by atoms with Crippen molar-refractivity contribution in [1.82, 2.24) is 59.3 Å². The van der Waals surface area contributed by atoms with Crippen LogP contribution in [0.1, 0.15) is 146 Å². The minimum absolute atomic E-state index is 0. The number of carboxylic acid groups (broad SMARTS) is 1. The van der Waals surface area contributed by atoms with E-state index < -0.39 is 155 Å². The first-order valence-corrected chi connectivity index (χ1v) is 38.4. The molecule has 6 atom stereocenters. The maximum atomic E-state index is 14.3. The third-order valence-corrected chi connectivity index (χ3v) is 21.1. The van der Waals surface area contributed by atoms with E-state index >= 15 is 0 Å². The molecule has 2 aromatic carbocycles. The molecule has 0 aliphatic carbocycles. The van der Waals surface area contributed by atoms with E-state index in [1.54, 1.807) is 26.9 Å². The number of carbonyl (C=O) groups is 7. The van der Waals surface area contributed by atoms with Crippen LogP contribution in [0.5, 0.6) is 17.2 Å². The fraction of sp³-hybridized carbons (Fsp3) is 0.259. The van der Waals surface area contributed by atoms with Crippen LogP contribution in [0.4, 0.5) is 39.5 Å². The van der Waals surface area contributed by atoms with Gasteiger partial charge in [0.25, 0.3) is 29.5 Å². The quantitative estimate of drug-likeness (QED) is 0.0290. The molecule has 30 nitrogen and oxygen atoms in total. The molecule has 5 amide bonds. The molecule has 7 aromatic heterocycles. The third kappa shape index (κ3) is 21.2. The van der Waals surface area contributed by atoms with E-state index in [4.69, 9.17) is 63.0 Å².